The Labute approximate surface area is 153 Å². The first-order valence-electron chi connectivity index (χ1n) is 7.61. The Kier molecular flexibility index (Phi) is 4.98. The summed E-state index contributed by atoms with van der Waals surface area (Å²) < 4.78 is 38.8. The summed E-state index contributed by atoms with van der Waals surface area (Å²) in [6.07, 6.45) is -4.46. The van der Waals surface area contributed by atoms with Gasteiger partial charge in [0.05, 0.1) is 11.5 Å². The lowest BCUT2D eigenvalue weighted by Crippen LogP contribution is -2.26. The minimum Gasteiger partial charge on any atom is -0.312 e. The molecule has 0 N–H and O–H groups in total. The third-order valence-corrected chi connectivity index (χ3v) is 4.94. The summed E-state index contributed by atoms with van der Waals surface area (Å²) in [6, 6.07) is 11.7. The van der Waals surface area contributed by atoms with Crippen molar-refractivity contribution in [1.29, 1.82) is 0 Å². The zero-order chi connectivity index (χ0) is 18.2. The Balaban J connectivity index is 1.96. The van der Waals surface area contributed by atoms with E-state index in [1.54, 1.807) is 24.3 Å². The molecule has 0 aliphatic carbocycles. The molecule has 0 aromatic heterocycles. The quantitative estimate of drug-likeness (QED) is 0.650. The van der Waals surface area contributed by atoms with E-state index in [-0.39, 0.29) is 29.9 Å². The maximum absolute atomic E-state index is 12.9. The first-order valence-corrected chi connectivity index (χ1v) is 8.52. The lowest BCUT2D eigenvalue weighted by molar-refractivity contribution is -0.137. The maximum atomic E-state index is 12.9. The smallest absolute Gasteiger partial charge is 0.312 e. The standard InChI is InChI=1S/C18H14Cl2F3NO/c19-9-12-10-24(15-6-2-4-13(8-15)18(21,22)23)17(25)16(12)11-3-1-5-14(20)7-11/h1-8,12,16H,9-10H2. The highest BCUT2D eigenvalue weighted by Crippen LogP contribution is 2.39. The third kappa shape index (κ3) is 3.62. The van der Waals surface area contributed by atoms with E-state index in [0.29, 0.717) is 5.02 Å². The van der Waals surface area contributed by atoms with Crippen LogP contribution in [0.2, 0.25) is 5.02 Å². The number of hydrogen-bond acceptors (Lipinski definition) is 1. The summed E-state index contributed by atoms with van der Waals surface area (Å²) >= 11 is 12.0. The summed E-state index contributed by atoms with van der Waals surface area (Å²) in [5.41, 5.74) is 0.156. The van der Waals surface area contributed by atoms with Crippen molar-refractivity contribution in [3.8, 4) is 0 Å². The largest absolute Gasteiger partial charge is 0.416 e. The van der Waals surface area contributed by atoms with Crippen molar-refractivity contribution in [2.75, 3.05) is 17.3 Å². The van der Waals surface area contributed by atoms with Crippen molar-refractivity contribution in [2.45, 2.75) is 12.1 Å². The number of amides is 1. The van der Waals surface area contributed by atoms with Crippen LogP contribution in [-0.4, -0.2) is 18.3 Å². The molecule has 132 valence electrons. The summed E-state index contributed by atoms with van der Waals surface area (Å²) in [5, 5.41) is 0.496. The van der Waals surface area contributed by atoms with Crippen LogP contribution in [0.15, 0.2) is 48.5 Å². The lowest BCUT2D eigenvalue weighted by atomic mass is 9.90. The van der Waals surface area contributed by atoms with Crippen LogP contribution >= 0.6 is 23.2 Å². The Morgan fingerprint density at radius 3 is 2.48 bits per heavy atom. The van der Waals surface area contributed by atoms with E-state index < -0.39 is 17.7 Å². The minimum atomic E-state index is -4.46. The predicted molar refractivity (Wildman–Crippen MR) is 92.2 cm³/mol. The fourth-order valence-corrected chi connectivity index (χ4v) is 3.61. The van der Waals surface area contributed by atoms with E-state index in [9.17, 15) is 18.0 Å². The zero-order valence-corrected chi connectivity index (χ0v) is 14.4. The number of hydrogen-bond donors (Lipinski definition) is 0. The van der Waals surface area contributed by atoms with Gasteiger partial charge in [-0.05, 0) is 35.9 Å². The average molecular weight is 388 g/mol. The maximum Gasteiger partial charge on any atom is 0.416 e. The molecule has 25 heavy (non-hydrogen) atoms. The third-order valence-electron chi connectivity index (χ3n) is 4.31. The topological polar surface area (TPSA) is 20.3 Å². The van der Waals surface area contributed by atoms with Crippen molar-refractivity contribution >= 4 is 34.8 Å². The van der Waals surface area contributed by atoms with Gasteiger partial charge in [0, 0.05) is 29.1 Å². The average Bonchev–Trinajstić information content (AvgIpc) is 2.91. The summed E-state index contributed by atoms with van der Waals surface area (Å²) in [4.78, 5) is 14.3. The molecular weight excluding hydrogens is 374 g/mol. The molecule has 0 bridgehead atoms. The van der Waals surface area contributed by atoms with E-state index in [2.05, 4.69) is 0 Å². The molecule has 2 aromatic carbocycles. The Morgan fingerprint density at radius 1 is 1.12 bits per heavy atom. The van der Waals surface area contributed by atoms with Crippen molar-refractivity contribution in [2.24, 2.45) is 5.92 Å². The van der Waals surface area contributed by atoms with Gasteiger partial charge >= 0.3 is 6.18 Å². The van der Waals surface area contributed by atoms with E-state index in [1.165, 1.54) is 17.0 Å². The molecule has 2 nitrogen and oxygen atoms in total. The highest BCUT2D eigenvalue weighted by atomic mass is 35.5. The summed E-state index contributed by atoms with van der Waals surface area (Å²) in [5.74, 6) is -0.779. The first-order chi connectivity index (χ1) is 11.8. The van der Waals surface area contributed by atoms with Crippen LogP contribution < -0.4 is 4.90 Å². The molecule has 0 radical (unpaired) electrons. The Bertz CT molecular complexity index is 794. The molecular formula is C18H14Cl2F3NO. The van der Waals surface area contributed by atoms with Gasteiger partial charge in [0.25, 0.3) is 0 Å². The number of carbonyl (C=O) groups is 1. The second-order valence-corrected chi connectivity index (χ2v) is 6.69. The van der Waals surface area contributed by atoms with E-state index >= 15 is 0 Å². The minimum absolute atomic E-state index is 0.206. The van der Waals surface area contributed by atoms with E-state index in [1.807, 2.05) is 0 Å². The molecule has 2 aromatic rings. The summed E-state index contributed by atoms with van der Waals surface area (Å²) in [6.45, 7) is 0.265. The molecule has 0 spiro atoms. The highest BCUT2D eigenvalue weighted by Gasteiger charge is 2.42. The molecule has 0 saturated carbocycles. The fraction of sp³-hybridized carbons (Fsp3) is 0.278. The van der Waals surface area contributed by atoms with E-state index in [0.717, 1.165) is 17.7 Å². The van der Waals surface area contributed by atoms with Gasteiger partial charge in [-0.2, -0.15) is 13.2 Å². The molecule has 1 aliphatic rings. The van der Waals surface area contributed by atoms with Crippen molar-refractivity contribution in [3.63, 3.8) is 0 Å². The molecule has 1 aliphatic heterocycles. The highest BCUT2D eigenvalue weighted by molar-refractivity contribution is 6.30. The van der Waals surface area contributed by atoms with Crippen molar-refractivity contribution < 1.29 is 18.0 Å². The molecule has 3 rings (SSSR count). The van der Waals surface area contributed by atoms with Gasteiger partial charge in [-0.3, -0.25) is 4.79 Å². The SMILES string of the molecule is O=C1C(c2cccc(Cl)c2)C(CCl)CN1c1cccc(C(F)(F)F)c1. The van der Waals surface area contributed by atoms with Crippen LogP contribution in [0.4, 0.5) is 18.9 Å². The number of anilines is 1. The van der Waals surface area contributed by atoms with E-state index in [4.69, 9.17) is 23.2 Å². The number of alkyl halides is 4. The number of benzene rings is 2. The molecule has 1 amide bonds. The van der Waals surface area contributed by atoms with Crippen LogP contribution in [0.3, 0.4) is 0 Å². The molecule has 1 heterocycles. The molecule has 2 unspecified atom stereocenters. The Morgan fingerprint density at radius 2 is 1.84 bits per heavy atom. The Hall–Kier alpha value is -1.72. The number of rotatable bonds is 3. The van der Waals surface area contributed by atoms with Gasteiger partial charge < -0.3 is 4.90 Å². The fourth-order valence-electron chi connectivity index (χ4n) is 3.13. The molecule has 1 fully saturated rings. The van der Waals surface area contributed by atoms with Crippen LogP contribution in [-0.2, 0) is 11.0 Å². The van der Waals surface area contributed by atoms with Gasteiger partial charge in [0.15, 0.2) is 0 Å². The number of nitrogens with zero attached hydrogens (tertiary/aromatic N) is 1. The van der Waals surface area contributed by atoms with Gasteiger partial charge in [0.1, 0.15) is 0 Å². The molecule has 7 heteroatoms. The van der Waals surface area contributed by atoms with Gasteiger partial charge in [-0.1, -0.05) is 29.8 Å². The predicted octanol–water partition coefficient (Wildman–Crippen LogP) is 5.34. The van der Waals surface area contributed by atoms with Gasteiger partial charge in [-0.15, -0.1) is 11.6 Å². The number of carbonyl (C=O) groups excluding carboxylic acids is 1. The molecule has 2 atom stereocenters. The van der Waals surface area contributed by atoms with Gasteiger partial charge in [0.2, 0.25) is 5.91 Å². The van der Waals surface area contributed by atoms with Crippen molar-refractivity contribution in [3.05, 3.63) is 64.7 Å². The van der Waals surface area contributed by atoms with Crippen LogP contribution in [0.25, 0.3) is 0 Å². The zero-order valence-electron chi connectivity index (χ0n) is 12.9. The van der Waals surface area contributed by atoms with Crippen LogP contribution in [0.5, 0.6) is 0 Å². The normalized spacial score (nSPS) is 21.0. The summed E-state index contributed by atoms with van der Waals surface area (Å²) in [7, 11) is 0. The second-order valence-electron chi connectivity index (χ2n) is 5.94. The van der Waals surface area contributed by atoms with Crippen LogP contribution in [0.1, 0.15) is 17.0 Å². The van der Waals surface area contributed by atoms with Crippen LogP contribution in [0, 0.1) is 5.92 Å². The lowest BCUT2D eigenvalue weighted by Gasteiger charge is -2.18. The van der Waals surface area contributed by atoms with Gasteiger partial charge in [-0.25, -0.2) is 0 Å². The second kappa shape index (κ2) is 6.89. The molecule has 1 saturated heterocycles. The first kappa shape index (κ1) is 18.1. The van der Waals surface area contributed by atoms with Crippen molar-refractivity contribution in [1.82, 2.24) is 0 Å². The monoisotopic (exact) mass is 387 g/mol. The number of halogens is 5.